The van der Waals surface area contributed by atoms with Gasteiger partial charge in [0.1, 0.15) is 4.90 Å². The number of nitrogens with one attached hydrogen (secondary N) is 1. The Morgan fingerprint density at radius 3 is 2.61 bits per heavy atom. The van der Waals surface area contributed by atoms with Crippen molar-refractivity contribution in [2.75, 3.05) is 18.9 Å². The van der Waals surface area contributed by atoms with Gasteiger partial charge in [-0.25, -0.2) is 13.1 Å². The number of nitrogens with two attached hydrogens (primary N) is 1. The maximum atomic E-state index is 12.2. The summed E-state index contributed by atoms with van der Waals surface area (Å²) in [6.07, 6.45) is 0.698. The molecule has 0 amide bonds. The number of anilines is 1. The Morgan fingerprint density at radius 1 is 1.33 bits per heavy atom. The van der Waals surface area contributed by atoms with E-state index in [0.29, 0.717) is 19.6 Å². The van der Waals surface area contributed by atoms with Crippen LogP contribution in [0, 0.1) is 13.8 Å². The number of rotatable bonds is 3. The first-order chi connectivity index (χ1) is 8.40. The molecule has 1 unspecified atom stereocenters. The van der Waals surface area contributed by atoms with Crippen LogP contribution in [0.3, 0.4) is 0 Å². The summed E-state index contributed by atoms with van der Waals surface area (Å²) in [4.78, 5) is 0.150. The first-order valence-electron chi connectivity index (χ1n) is 5.87. The van der Waals surface area contributed by atoms with Crippen LogP contribution in [0.5, 0.6) is 0 Å². The van der Waals surface area contributed by atoms with Crippen molar-refractivity contribution in [2.24, 2.45) is 0 Å². The van der Waals surface area contributed by atoms with E-state index in [2.05, 4.69) is 4.72 Å². The average Bonchev–Trinajstić information content (AvgIpc) is 2.75. The standard InChI is InChI=1S/C12H18N2O3S/c1-8-5-11(13)12(6-9(8)2)18(15,16)14-10-3-4-17-7-10/h5-6,10,14H,3-4,7,13H2,1-2H3. The van der Waals surface area contributed by atoms with Crippen LogP contribution in [0.25, 0.3) is 0 Å². The molecule has 0 radical (unpaired) electrons. The van der Waals surface area contributed by atoms with Gasteiger partial charge in [-0.15, -0.1) is 0 Å². The Hall–Kier alpha value is -1.11. The first kappa shape index (κ1) is 13.3. The summed E-state index contributed by atoms with van der Waals surface area (Å²) in [5.41, 5.74) is 7.97. The van der Waals surface area contributed by atoms with Crippen molar-refractivity contribution >= 4 is 15.7 Å². The molecule has 0 spiro atoms. The van der Waals surface area contributed by atoms with Crippen molar-refractivity contribution in [3.63, 3.8) is 0 Å². The fourth-order valence-electron chi connectivity index (χ4n) is 1.96. The molecule has 1 aliphatic heterocycles. The SMILES string of the molecule is Cc1cc(N)c(S(=O)(=O)NC2CCOC2)cc1C. The molecule has 100 valence electrons. The number of hydrogen-bond donors (Lipinski definition) is 2. The van der Waals surface area contributed by atoms with Crippen LogP contribution in [0.4, 0.5) is 5.69 Å². The molecule has 1 saturated heterocycles. The zero-order chi connectivity index (χ0) is 13.3. The molecule has 1 aromatic carbocycles. The van der Waals surface area contributed by atoms with Gasteiger partial charge in [0.15, 0.2) is 0 Å². The molecule has 0 aliphatic carbocycles. The van der Waals surface area contributed by atoms with E-state index < -0.39 is 10.0 Å². The molecule has 18 heavy (non-hydrogen) atoms. The lowest BCUT2D eigenvalue weighted by Gasteiger charge is -2.14. The van der Waals surface area contributed by atoms with Gasteiger partial charge in [-0.2, -0.15) is 0 Å². The molecule has 0 bridgehead atoms. The number of hydrogen-bond acceptors (Lipinski definition) is 4. The van der Waals surface area contributed by atoms with Crippen molar-refractivity contribution in [2.45, 2.75) is 31.2 Å². The van der Waals surface area contributed by atoms with Crippen molar-refractivity contribution in [3.05, 3.63) is 23.3 Å². The monoisotopic (exact) mass is 270 g/mol. The summed E-state index contributed by atoms with van der Waals surface area (Å²) in [5.74, 6) is 0. The molecule has 3 N–H and O–H groups in total. The van der Waals surface area contributed by atoms with E-state index in [1.54, 1.807) is 12.1 Å². The number of nitrogen functional groups attached to an aromatic ring is 1. The molecule has 5 nitrogen and oxygen atoms in total. The number of ether oxygens (including phenoxy) is 1. The zero-order valence-corrected chi connectivity index (χ0v) is 11.4. The largest absolute Gasteiger partial charge is 0.398 e. The predicted molar refractivity (Wildman–Crippen MR) is 69.9 cm³/mol. The first-order valence-corrected chi connectivity index (χ1v) is 7.35. The Labute approximate surface area is 107 Å². The minimum Gasteiger partial charge on any atom is -0.398 e. The highest BCUT2D eigenvalue weighted by Gasteiger charge is 2.25. The van der Waals surface area contributed by atoms with Crippen LogP contribution >= 0.6 is 0 Å². The van der Waals surface area contributed by atoms with Gasteiger partial charge in [0.2, 0.25) is 10.0 Å². The normalized spacial score (nSPS) is 20.2. The third kappa shape index (κ3) is 2.66. The van der Waals surface area contributed by atoms with Crippen LogP contribution in [-0.2, 0) is 14.8 Å². The fraction of sp³-hybridized carbons (Fsp3) is 0.500. The van der Waals surface area contributed by atoms with Gasteiger partial charge in [-0.05, 0) is 43.5 Å². The summed E-state index contributed by atoms with van der Waals surface area (Å²) < 4.78 is 32.2. The highest BCUT2D eigenvalue weighted by Crippen LogP contribution is 2.23. The van der Waals surface area contributed by atoms with Crippen LogP contribution in [-0.4, -0.2) is 27.7 Å². The molecule has 1 heterocycles. The number of aryl methyl sites for hydroxylation is 2. The van der Waals surface area contributed by atoms with Crippen LogP contribution in [0.1, 0.15) is 17.5 Å². The van der Waals surface area contributed by atoms with Gasteiger partial charge in [-0.1, -0.05) is 0 Å². The molecule has 6 heteroatoms. The van der Waals surface area contributed by atoms with Gasteiger partial charge in [0, 0.05) is 12.6 Å². The van der Waals surface area contributed by atoms with Crippen molar-refractivity contribution in [1.82, 2.24) is 4.72 Å². The summed E-state index contributed by atoms with van der Waals surface area (Å²) >= 11 is 0. The van der Waals surface area contributed by atoms with E-state index in [4.69, 9.17) is 10.5 Å². The minimum atomic E-state index is -3.57. The zero-order valence-electron chi connectivity index (χ0n) is 10.6. The van der Waals surface area contributed by atoms with E-state index >= 15 is 0 Å². The molecule has 1 aliphatic rings. The van der Waals surface area contributed by atoms with E-state index in [0.717, 1.165) is 11.1 Å². The van der Waals surface area contributed by atoms with Gasteiger partial charge in [-0.3, -0.25) is 0 Å². The Kier molecular flexibility index (Phi) is 3.61. The molecule has 1 aromatic rings. The summed E-state index contributed by atoms with van der Waals surface area (Å²) in [6, 6.07) is 3.15. The summed E-state index contributed by atoms with van der Waals surface area (Å²) in [7, 11) is -3.57. The average molecular weight is 270 g/mol. The predicted octanol–water partition coefficient (Wildman–Crippen LogP) is 0.953. The van der Waals surface area contributed by atoms with Crippen molar-refractivity contribution in [3.8, 4) is 0 Å². The van der Waals surface area contributed by atoms with Crippen molar-refractivity contribution in [1.29, 1.82) is 0 Å². The fourth-order valence-corrected chi connectivity index (χ4v) is 3.41. The summed E-state index contributed by atoms with van der Waals surface area (Å²) in [6.45, 7) is 4.78. The van der Waals surface area contributed by atoms with Gasteiger partial charge in [0.25, 0.3) is 0 Å². The van der Waals surface area contributed by atoms with Crippen LogP contribution in [0.15, 0.2) is 17.0 Å². The van der Waals surface area contributed by atoms with Gasteiger partial charge >= 0.3 is 0 Å². The van der Waals surface area contributed by atoms with Crippen LogP contribution < -0.4 is 10.5 Å². The third-order valence-electron chi connectivity index (χ3n) is 3.17. The Balaban J connectivity index is 2.31. The lowest BCUT2D eigenvalue weighted by Crippen LogP contribution is -2.35. The van der Waals surface area contributed by atoms with E-state index in [1.165, 1.54) is 0 Å². The second-order valence-electron chi connectivity index (χ2n) is 4.66. The highest BCUT2D eigenvalue weighted by molar-refractivity contribution is 7.89. The molecule has 1 atom stereocenters. The minimum absolute atomic E-state index is 0.150. The van der Waals surface area contributed by atoms with E-state index in [1.807, 2.05) is 13.8 Å². The molecular weight excluding hydrogens is 252 g/mol. The second-order valence-corrected chi connectivity index (χ2v) is 6.34. The molecule has 1 fully saturated rings. The third-order valence-corrected chi connectivity index (χ3v) is 4.74. The lowest BCUT2D eigenvalue weighted by molar-refractivity contribution is 0.192. The Morgan fingerprint density at radius 2 is 2.00 bits per heavy atom. The molecule has 0 aromatic heterocycles. The van der Waals surface area contributed by atoms with Crippen LogP contribution in [0.2, 0.25) is 0 Å². The molecule has 0 saturated carbocycles. The quantitative estimate of drug-likeness (QED) is 0.801. The van der Waals surface area contributed by atoms with Gasteiger partial charge < -0.3 is 10.5 Å². The smallest absolute Gasteiger partial charge is 0.242 e. The topological polar surface area (TPSA) is 81.4 Å². The highest BCUT2D eigenvalue weighted by atomic mass is 32.2. The van der Waals surface area contributed by atoms with E-state index in [9.17, 15) is 8.42 Å². The maximum absolute atomic E-state index is 12.2. The Bertz CT molecular complexity index is 549. The second kappa shape index (κ2) is 4.87. The summed E-state index contributed by atoms with van der Waals surface area (Å²) in [5, 5.41) is 0. The van der Waals surface area contributed by atoms with Gasteiger partial charge in [0.05, 0.1) is 12.3 Å². The maximum Gasteiger partial charge on any atom is 0.242 e. The van der Waals surface area contributed by atoms with E-state index in [-0.39, 0.29) is 16.6 Å². The van der Waals surface area contributed by atoms with Crippen molar-refractivity contribution < 1.29 is 13.2 Å². The number of benzene rings is 1. The molecular formula is C12H18N2O3S. The number of sulfonamides is 1. The molecule has 2 rings (SSSR count). The lowest BCUT2D eigenvalue weighted by atomic mass is 10.1.